The average Bonchev–Trinajstić information content (AvgIpc) is 2.98. The van der Waals surface area contributed by atoms with Gasteiger partial charge in [-0.05, 0) is 30.7 Å². The topological polar surface area (TPSA) is 71.5 Å². The summed E-state index contributed by atoms with van der Waals surface area (Å²) in [5.41, 5.74) is 0.787. The second-order valence-corrected chi connectivity index (χ2v) is 5.98. The van der Waals surface area contributed by atoms with Crippen LogP contribution in [0.5, 0.6) is 5.75 Å². The van der Waals surface area contributed by atoms with Crippen LogP contribution in [0, 0.1) is 5.82 Å². The van der Waals surface area contributed by atoms with Gasteiger partial charge in [-0.2, -0.15) is 0 Å². The Morgan fingerprint density at radius 3 is 2.75 bits per heavy atom. The van der Waals surface area contributed by atoms with Crippen molar-refractivity contribution in [1.29, 1.82) is 0 Å². The van der Waals surface area contributed by atoms with Gasteiger partial charge in [0.1, 0.15) is 29.2 Å². The summed E-state index contributed by atoms with van der Waals surface area (Å²) in [4.78, 5) is 15.5. The number of nitrogens with one attached hydrogen (secondary N) is 1. The zero-order valence-electron chi connectivity index (χ0n) is 13.2. The summed E-state index contributed by atoms with van der Waals surface area (Å²) in [5, 5.41) is 14.7. The normalized spacial score (nSPS) is 11.6. The van der Waals surface area contributed by atoms with Gasteiger partial charge in [-0.15, -0.1) is 23.7 Å². The number of carbonyl (C=O) groups is 1. The van der Waals surface area contributed by atoms with Gasteiger partial charge >= 0.3 is 5.97 Å². The molecule has 24 heavy (non-hydrogen) atoms. The number of thiazole rings is 1. The lowest BCUT2D eigenvalue weighted by Gasteiger charge is -2.11. The molecular weight excluding hydrogens is 355 g/mol. The number of halogens is 2. The minimum atomic E-state index is -0.845. The Morgan fingerprint density at radius 1 is 1.42 bits per heavy atom. The molecule has 8 heteroatoms. The molecule has 2 rings (SSSR count). The lowest BCUT2D eigenvalue weighted by Crippen LogP contribution is -2.36. The quantitative estimate of drug-likeness (QED) is 0.701. The molecule has 0 aliphatic heterocycles. The number of ether oxygens (including phenoxy) is 1. The minimum Gasteiger partial charge on any atom is -0.486 e. The average molecular weight is 375 g/mol. The Morgan fingerprint density at radius 2 is 2.12 bits per heavy atom. The highest BCUT2D eigenvalue weighted by Crippen LogP contribution is 2.16. The van der Waals surface area contributed by atoms with Crippen LogP contribution in [0.1, 0.15) is 30.5 Å². The van der Waals surface area contributed by atoms with Gasteiger partial charge in [0.15, 0.2) is 0 Å². The lowest BCUT2D eigenvalue weighted by atomic mass is 10.1. The fourth-order valence-electron chi connectivity index (χ4n) is 2.00. The molecule has 0 bridgehead atoms. The molecule has 1 unspecified atom stereocenters. The smallest absolute Gasteiger partial charge is 0.320 e. The molecule has 1 heterocycles. The van der Waals surface area contributed by atoms with Crippen molar-refractivity contribution >= 4 is 29.7 Å². The van der Waals surface area contributed by atoms with Crippen molar-refractivity contribution in [2.45, 2.75) is 39.0 Å². The second-order valence-electron chi connectivity index (χ2n) is 5.04. The Kier molecular flexibility index (Phi) is 8.67. The number of nitrogens with zero attached hydrogens (tertiary/aromatic N) is 1. The molecule has 1 atom stereocenters. The number of benzene rings is 1. The van der Waals surface area contributed by atoms with Crippen molar-refractivity contribution in [2.24, 2.45) is 0 Å². The Hall–Kier alpha value is -1.70. The third-order valence-corrected chi connectivity index (χ3v) is 4.05. The molecule has 1 aromatic heterocycles. The first-order valence-electron chi connectivity index (χ1n) is 7.36. The monoisotopic (exact) mass is 374 g/mol. The molecular formula is C16H20ClFN2O3S. The molecule has 0 saturated carbocycles. The molecule has 0 aliphatic carbocycles. The highest BCUT2D eigenvalue weighted by molar-refractivity contribution is 7.09. The van der Waals surface area contributed by atoms with E-state index in [0.717, 1.165) is 17.1 Å². The molecule has 2 N–H and O–H groups in total. The molecule has 2 aromatic rings. The van der Waals surface area contributed by atoms with E-state index < -0.39 is 12.0 Å². The summed E-state index contributed by atoms with van der Waals surface area (Å²) in [7, 11) is 0. The first-order chi connectivity index (χ1) is 11.1. The van der Waals surface area contributed by atoms with E-state index in [1.54, 1.807) is 12.1 Å². The van der Waals surface area contributed by atoms with Crippen LogP contribution in [0.3, 0.4) is 0 Å². The second kappa shape index (κ2) is 10.2. The van der Waals surface area contributed by atoms with Crippen LogP contribution in [0.25, 0.3) is 0 Å². The number of hydrogen-bond acceptors (Lipinski definition) is 5. The third-order valence-electron chi connectivity index (χ3n) is 3.18. The van der Waals surface area contributed by atoms with Crippen LogP contribution in [0.15, 0.2) is 29.6 Å². The molecule has 5 nitrogen and oxygen atoms in total. The van der Waals surface area contributed by atoms with Crippen LogP contribution in [0.2, 0.25) is 0 Å². The van der Waals surface area contributed by atoms with Crippen molar-refractivity contribution in [1.82, 2.24) is 10.3 Å². The number of carboxylic acids is 1. The maximum atomic E-state index is 12.8. The van der Waals surface area contributed by atoms with Gasteiger partial charge in [0.25, 0.3) is 0 Å². The van der Waals surface area contributed by atoms with E-state index in [9.17, 15) is 9.18 Å². The summed E-state index contributed by atoms with van der Waals surface area (Å²) >= 11 is 1.45. The number of aromatic nitrogens is 1. The van der Waals surface area contributed by atoms with E-state index in [1.165, 1.54) is 23.5 Å². The number of carboxylic acid groups (broad SMARTS) is 1. The highest BCUT2D eigenvalue weighted by Gasteiger charge is 2.15. The predicted octanol–water partition coefficient (Wildman–Crippen LogP) is 3.63. The minimum absolute atomic E-state index is 0. The fourth-order valence-corrected chi connectivity index (χ4v) is 2.71. The fraction of sp³-hybridized carbons (Fsp3) is 0.375. The lowest BCUT2D eigenvalue weighted by molar-refractivity contribution is -0.139. The van der Waals surface area contributed by atoms with Gasteiger partial charge in [0.05, 0.1) is 5.69 Å². The van der Waals surface area contributed by atoms with Crippen LogP contribution in [-0.2, 0) is 17.9 Å². The zero-order chi connectivity index (χ0) is 16.7. The van der Waals surface area contributed by atoms with E-state index in [1.807, 2.05) is 12.3 Å². The third kappa shape index (κ3) is 6.43. The molecule has 0 fully saturated rings. The summed E-state index contributed by atoms with van der Waals surface area (Å²) in [6, 6.07) is 5.25. The van der Waals surface area contributed by atoms with Crippen molar-refractivity contribution in [3.05, 3.63) is 46.2 Å². The van der Waals surface area contributed by atoms with Gasteiger partial charge in [-0.25, -0.2) is 9.37 Å². The van der Waals surface area contributed by atoms with E-state index in [0.29, 0.717) is 25.3 Å². The Labute approximate surface area is 150 Å². The van der Waals surface area contributed by atoms with Crippen molar-refractivity contribution < 1.29 is 19.0 Å². The molecule has 0 aliphatic rings. The summed E-state index contributed by atoms with van der Waals surface area (Å²) < 4.78 is 18.3. The Balaban J connectivity index is 0.00000288. The molecule has 0 amide bonds. The molecule has 0 spiro atoms. The van der Waals surface area contributed by atoms with Gasteiger partial charge < -0.3 is 9.84 Å². The molecule has 132 valence electrons. The standard InChI is InChI=1S/C16H19FN2O3S.ClH/c1-2-3-14(16(20)21)18-8-12-10-23-15(19-12)9-22-13-6-4-11(17)5-7-13;/h4-7,10,14,18H,2-3,8-9H2,1H3,(H,20,21);1H. The SMILES string of the molecule is CCCC(NCc1csc(COc2ccc(F)cc2)n1)C(=O)O.Cl. The largest absolute Gasteiger partial charge is 0.486 e. The van der Waals surface area contributed by atoms with E-state index in [4.69, 9.17) is 9.84 Å². The summed E-state index contributed by atoms with van der Waals surface area (Å²) in [6.45, 7) is 2.66. The highest BCUT2D eigenvalue weighted by atomic mass is 35.5. The van der Waals surface area contributed by atoms with Crippen LogP contribution in [-0.4, -0.2) is 22.1 Å². The first kappa shape index (κ1) is 20.3. The number of rotatable bonds is 9. The first-order valence-corrected chi connectivity index (χ1v) is 8.24. The predicted molar refractivity (Wildman–Crippen MR) is 93.3 cm³/mol. The van der Waals surface area contributed by atoms with Gasteiger partial charge in [-0.1, -0.05) is 13.3 Å². The van der Waals surface area contributed by atoms with Gasteiger partial charge in [-0.3, -0.25) is 10.1 Å². The van der Waals surface area contributed by atoms with Crippen LogP contribution >= 0.6 is 23.7 Å². The van der Waals surface area contributed by atoms with Crippen LogP contribution < -0.4 is 10.1 Å². The summed E-state index contributed by atoms with van der Waals surface area (Å²) in [5.74, 6) is -0.572. The van der Waals surface area contributed by atoms with Gasteiger partial charge in [0.2, 0.25) is 0 Å². The summed E-state index contributed by atoms with van der Waals surface area (Å²) in [6.07, 6.45) is 1.39. The number of aliphatic carboxylic acids is 1. The van der Waals surface area contributed by atoms with Crippen molar-refractivity contribution in [3.8, 4) is 5.75 Å². The maximum Gasteiger partial charge on any atom is 0.320 e. The Bertz CT molecular complexity index is 637. The molecule has 0 saturated heterocycles. The van der Waals surface area contributed by atoms with Crippen molar-refractivity contribution in [2.75, 3.05) is 0 Å². The van der Waals surface area contributed by atoms with Crippen LogP contribution in [0.4, 0.5) is 4.39 Å². The number of hydrogen-bond donors (Lipinski definition) is 2. The van der Waals surface area contributed by atoms with E-state index in [-0.39, 0.29) is 18.2 Å². The molecule has 0 radical (unpaired) electrons. The van der Waals surface area contributed by atoms with E-state index in [2.05, 4.69) is 10.3 Å². The van der Waals surface area contributed by atoms with Gasteiger partial charge in [0, 0.05) is 11.9 Å². The van der Waals surface area contributed by atoms with Crippen molar-refractivity contribution in [3.63, 3.8) is 0 Å². The maximum absolute atomic E-state index is 12.8. The zero-order valence-corrected chi connectivity index (χ0v) is 14.8. The van der Waals surface area contributed by atoms with E-state index >= 15 is 0 Å². The molecule has 1 aromatic carbocycles.